The highest BCUT2D eigenvalue weighted by Gasteiger charge is 2.00. The van der Waals surface area contributed by atoms with Gasteiger partial charge in [-0.15, -0.1) is 0 Å². The number of benzene rings is 1. The maximum atomic E-state index is 8.86. The molecule has 0 fully saturated rings. The Labute approximate surface area is 79.7 Å². The Morgan fingerprint density at radius 3 is 2.54 bits per heavy atom. The molecular weight excluding hydrogens is 160 g/mol. The van der Waals surface area contributed by atoms with Crippen LogP contribution in [-0.4, -0.2) is 11.7 Å². The van der Waals surface area contributed by atoms with Crippen LogP contribution >= 0.6 is 0 Å². The van der Waals surface area contributed by atoms with Crippen LogP contribution < -0.4 is 0 Å². The van der Waals surface area contributed by atoms with Gasteiger partial charge in [0.1, 0.15) is 0 Å². The SMILES string of the molecule is C/C(=C\[C@H](C)c1ccccc1)CO. The van der Waals surface area contributed by atoms with Gasteiger partial charge in [0, 0.05) is 0 Å². The zero-order valence-corrected chi connectivity index (χ0v) is 8.20. The molecule has 70 valence electrons. The molecule has 0 aliphatic carbocycles. The molecule has 1 N–H and O–H groups in total. The van der Waals surface area contributed by atoms with Gasteiger partial charge in [-0.2, -0.15) is 0 Å². The molecule has 0 amide bonds. The second-order valence-electron chi connectivity index (χ2n) is 3.37. The van der Waals surface area contributed by atoms with Crippen molar-refractivity contribution in [1.29, 1.82) is 0 Å². The maximum absolute atomic E-state index is 8.86. The molecule has 0 saturated heterocycles. The van der Waals surface area contributed by atoms with E-state index in [1.165, 1.54) is 5.56 Å². The molecule has 0 bridgehead atoms. The minimum Gasteiger partial charge on any atom is -0.392 e. The van der Waals surface area contributed by atoms with Gasteiger partial charge < -0.3 is 5.11 Å². The van der Waals surface area contributed by atoms with Crippen LogP contribution in [0.15, 0.2) is 42.0 Å². The van der Waals surface area contributed by atoms with Crippen LogP contribution in [0, 0.1) is 0 Å². The first-order valence-electron chi connectivity index (χ1n) is 4.57. The Kier molecular flexibility index (Phi) is 3.71. The first-order valence-corrected chi connectivity index (χ1v) is 4.57. The van der Waals surface area contributed by atoms with Crippen molar-refractivity contribution in [2.45, 2.75) is 19.8 Å². The summed E-state index contributed by atoms with van der Waals surface area (Å²) >= 11 is 0. The lowest BCUT2D eigenvalue weighted by molar-refractivity contribution is 0.330. The molecule has 0 aromatic heterocycles. The zero-order chi connectivity index (χ0) is 9.68. The van der Waals surface area contributed by atoms with Crippen molar-refractivity contribution < 1.29 is 5.11 Å². The third-order valence-corrected chi connectivity index (χ3v) is 2.11. The molecule has 0 radical (unpaired) electrons. The summed E-state index contributed by atoms with van der Waals surface area (Å²) in [5.74, 6) is 0.383. The van der Waals surface area contributed by atoms with Crippen LogP contribution in [0.2, 0.25) is 0 Å². The van der Waals surface area contributed by atoms with Gasteiger partial charge in [-0.25, -0.2) is 0 Å². The van der Waals surface area contributed by atoms with E-state index < -0.39 is 0 Å². The van der Waals surface area contributed by atoms with E-state index in [4.69, 9.17) is 5.11 Å². The fourth-order valence-electron chi connectivity index (χ4n) is 1.33. The van der Waals surface area contributed by atoms with E-state index in [0.717, 1.165) is 5.57 Å². The van der Waals surface area contributed by atoms with E-state index >= 15 is 0 Å². The van der Waals surface area contributed by atoms with Gasteiger partial charge >= 0.3 is 0 Å². The van der Waals surface area contributed by atoms with Crippen molar-refractivity contribution >= 4 is 0 Å². The van der Waals surface area contributed by atoms with Gasteiger partial charge in [0.2, 0.25) is 0 Å². The molecule has 1 atom stereocenters. The molecule has 1 aromatic carbocycles. The molecule has 1 rings (SSSR count). The minimum atomic E-state index is 0.150. The monoisotopic (exact) mass is 176 g/mol. The average molecular weight is 176 g/mol. The molecule has 0 spiro atoms. The summed E-state index contributed by atoms with van der Waals surface area (Å²) in [4.78, 5) is 0. The molecule has 1 nitrogen and oxygen atoms in total. The largest absolute Gasteiger partial charge is 0.392 e. The van der Waals surface area contributed by atoms with E-state index in [9.17, 15) is 0 Å². The smallest absolute Gasteiger partial charge is 0.0639 e. The van der Waals surface area contributed by atoms with Gasteiger partial charge in [-0.1, -0.05) is 48.9 Å². The van der Waals surface area contributed by atoms with Gasteiger partial charge in [-0.3, -0.25) is 0 Å². The normalized spacial score (nSPS) is 14.2. The summed E-state index contributed by atoms with van der Waals surface area (Å²) in [6, 6.07) is 10.3. The third-order valence-electron chi connectivity index (χ3n) is 2.11. The fraction of sp³-hybridized carbons (Fsp3) is 0.333. The topological polar surface area (TPSA) is 20.2 Å². The van der Waals surface area contributed by atoms with E-state index in [1.54, 1.807) is 0 Å². The van der Waals surface area contributed by atoms with Crippen molar-refractivity contribution in [2.75, 3.05) is 6.61 Å². The number of aliphatic hydroxyl groups excluding tert-OH is 1. The van der Waals surface area contributed by atoms with Crippen LogP contribution in [0.3, 0.4) is 0 Å². The van der Waals surface area contributed by atoms with Gasteiger partial charge in [-0.05, 0) is 18.4 Å². The van der Waals surface area contributed by atoms with Crippen LogP contribution in [0.25, 0.3) is 0 Å². The lowest BCUT2D eigenvalue weighted by Gasteiger charge is -2.07. The lowest BCUT2D eigenvalue weighted by atomic mass is 9.99. The Bertz CT molecular complexity index is 274. The Hall–Kier alpha value is -1.08. The molecule has 1 heteroatoms. The number of rotatable bonds is 3. The molecule has 13 heavy (non-hydrogen) atoms. The van der Waals surface area contributed by atoms with Crippen molar-refractivity contribution in [3.8, 4) is 0 Å². The second kappa shape index (κ2) is 4.83. The summed E-state index contributed by atoms with van der Waals surface area (Å²) in [6.45, 7) is 4.23. The highest BCUT2D eigenvalue weighted by molar-refractivity contribution is 5.24. The van der Waals surface area contributed by atoms with Gasteiger partial charge in [0.25, 0.3) is 0 Å². The van der Waals surface area contributed by atoms with Crippen LogP contribution in [0.5, 0.6) is 0 Å². The van der Waals surface area contributed by atoms with Crippen LogP contribution in [0.1, 0.15) is 25.3 Å². The fourth-order valence-corrected chi connectivity index (χ4v) is 1.33. The summed E-state index contributed by atoms with van der Waals surface area (Å²) < 4.78 is 0. The standard InChI is InChI=1S/C12H16O/c1-10(9-13)8-11(2)12-6-4-3-5-7-12/h3-8,11,13H,9H2,1-2H3/b10-8+/t11-/m0/s1. The summed E-state index contributed by atoms with van der Waals surface area (Å²) in [5.41, 5.74) is 2.31. The minimum absolute atomic E-state index is 0.150. The van der Waals surface area contributed by atoms with Gasteiger partial charge in [0.05, 0.1) is 6.61 Å². The average Bonchev–Trinajstić information content (AvgIpc) is 2.19. The van der Waals surface area contributed by atoms with Crippen molar-refractivity contribution in [3.63, 3.8) is 0 Å². The number of hydrogen-bond acceptors (Lipinski definition) is 1. The van der Waals surface area contributed by atoms with E-state index in [-0.39, 0.29) is 6.61 Å². The van der Waals surface area contributed by atoms with E-state index in [2.05, 4.69) is 25.1 Å². The Morgan fingerprint density at radius 2 is 2.00 bits per heavy atom. The quantitative estimate of drug-likeness (QED) is 0.702. The number of allylic oxidation sites excluding steroid dienone is 1. The summed E-state index contributed by atoms with van der Waals surface area (Å²) in [5, 5.41) is 8.86. The molecule has 1 aromatic rings. The molecule has 0 aliphatic rings. The highest BCUT2D eigenvalue weighted by Crippen LogP contribution is 2.17. The van der Waals surface area contributed by atoms with Crippen LogP contribution in [-0.2, 0) is 0 Å². The highest BCUT2D eigenvalue weighted by atomic mass is 16.3. The number of aliphatic hydroxyl groups is 1. The Morgan fingerprint density at radius 1 is 1.38 bits per heavy atom. The molecule has 0 unspecified atom stereocenters. The Balaban J connectivity index is 2.75. The summed E-state index contributed by atoms with van der Waals surface area (Å²) in [7, 11) is 0. The van der Waals surface area contributed by atoms with Gasteiger partial charge in [0.15, 0.2) is 0 Å². The summed E-state index contributed by atoms with van der Waals surface area (Å²) in [6.07, 6.45) is 2.09. The van der Waals surface area contributed by atoms with Crippen molar-refractivity contribution in [3.05, 3.63) is 47.5 Å². The van der Waals surface area contributed by atoms with Crippen molar-refractivity contribution in [2.24, 2.45) is 0 Å². The predicted molar refractivity (Wildman–Crippen MR) is 55.7 cm³/mol. The number of hydrogen-bond donors (Lipinski definition) is 1. The maximum Gasteiger partial charge on any atom is 0.0639 e. The zero-order valence-electron chi connectivity index (χ0n) is 8.20. The molecule has 0 aliphatic heterocycles. The second-order valence-corrected chi connectivity index (χ2v) is 3.37. The first-order chi connectivity index (χ1) is 6.24. The first kappa shape index (κ1) is 10.0. The lowest BCUT2D eigenvalue weighted by Crippen LogP contribution is -1.92. The van der Waals surface area contributed by atoms with E-state index in [0.29, 0.717) is 5.92 Å². The predicted octanol–water partition coefficient (Wildman–Crippen LogP) is 2.73. The molecule has 0 heterocycles. The van der Waals surface area contributed by atoms with Crippen LogP contribution in [0.4, 0.5) is 0 Å². The van der Waals surface area contributed by atoms with Crippen molar-refractivity contribution in [1.82, 2.24) is 0 Å². The van der Waals surface area contributed by atoms with E-state index in [1.807, 2.05) is 25.1 Å². The molecule has 0 saturated carbocycles. The third kappa shape index (κ3) is 3.03. The molecular formula is C12H16O.